The first kappa shape index (κ1) is 15.5. The zero-order valence-corrected chi connectivity index (χ0v) is 12.4. The van der Waals surface area contributed by atoms with E-state index in [0.717, 1.165) is 25.9 Å². The molecule has 0 spiro atoms. The third kappa shape index (κ3) is 5.05. The summed E-state index contributed by atoms with van der Waals surface area (Å²) < 4.78 is 5.41. The molecule has 0 aromatic carbocycles. The van der Waals surface area contributed by atoms with Crippen LogP contribution in [0.2, 0.25) is 0 Å². The Bertz CT molecular complexity index is 239. The predicted molar refractivity (Wildman–Crippen MR) is 78.1 cm³/mol. The maximum absolute atomic E-state index is 5.86. The zero-order valence-electron chi connectivity index (χ0n) is 10.1. The summed E-state index contributed by atoms with van der Waals surface area (Å²) in [5, 5.41) is 0. The fourth-order valence-corrected chi connectivity index (χ4v) is 1.56. The van der Waals surface area contributed by atoms with Gasteiger partial charge in [-0.05, 0) is 32.8 Å². The zero-order chi connectivity index (χ0) is 11.1. The van der Waals surface area contributed by atoms with Crippen LogP contribution < -0.4 is 5.73 Å². The Morgan fingerprint density at radius 1 is 1.50 bits per heavy atom. The summed E-state index contributed by atoms with van der Waals surface area (Å²) in [6, 6.07) is 0. The number of rotatable bonds is 4. The van der Waals surface area contributed by atoms with Crippen molar-refractivity contribution in [2.24, 2.45) is 10.7 Å². The second-order valence-corrected chi connectivity index (χ2v) is 3.58. The molecule has 0 saturated carbocycles. The second kappa shape index (κ2) is 8.66. The molecule has 0 amide bonds. The fraction of sp³-hybridized carbons (Fsp3) is 0.727. The minimum absolute atomic E-state index is 0. The van der Waals surface area contributed by atoms with E-state index >= 15 is 0 Å². The van der Waals surface area contributed by atoms with Gasteiger partial charge in [0.25, 0.3) is 0 Å². The highest BCUT2D eigenvalue weighted by Crippen LogP contribution is 2.10. The molecule has 1 rings (SSSR count). The van der Waals surface area contributed by atoms with Crippen molar-refractivity contribution in [2.75, 3.05) is 19.6 Å². The summed E-state index contributed by atoms with van der Waals surface area (Å²) in [4.78, 5) is 6.39. The average Bonchev–Trinajstić information content (AvgIpc) is 2.29. The number of ether oxygens (including phenoxy) is 1. The molecule has 5 heteroatoms. The second-order valence-electron chi connectivity index (χ2n) is 3.58. The van der Waals surface area contributed by atoms with Gasteiger partial charge in [-0.15, -0.1) is 24.0 Å². The van der Waals surface area contributed by atoms with Gasteiger partial charge in [0.2, 0.25) is 0 Å². The van der Waals surface area contributed by atoms with E-state index in [1.807, 2.05) is 11.0 Å². The number of hydrogen-bond acceptors (Lipinski definition) is 2. The van der Waals surface area contributed by atoms with E-state index in [1.165, 1.54) is 0 Å². The fourth-order valence-electron chi connectivity index (χ4n) is 1.56. The SMILES string of the molecule is CCN(CC)C(N)=NCC1CCC=CO1.I. The first-order valence-corrected chi connectivity index (χ1v) is 5.63. The van der Waals surface area contributed by atoms with Crippen LogP contribution in [-0.2, 0) is 4.74 Å². The number of halogens is 1. The maximum atomic E-state index is 5.86. The van der Waals surface area contributed by atoms with Gasteiger partial charge in [0, 0.05) is 13.1 Å². The molecule has 0 bridgehead atoms. The van der Waals surface area contributed by atoms with Crippen LogP contribution in [0.3, 0.4) is 0 Å². The monoisotopic (exact) mass is 339 g/mol. The van der Waals surface area contributed by atoms with Crippen molar-refractivity contribution in [2.45, 2.75) is 32.8 Å². The van der Waals surface area contributed by atoms with Gasteiger partial charge in [0.05, 0.1) is 12.8 Å². The van der Waals surface area contributed by atoms with Crippen LogP contribution in [0.4, 0.5) is 0 Å². The average molecular weight is 339 g/mol. The Morgan fingerprint density at radius 3 is 2.69 bits per heavy atom. The van der Waals surface area contributed by atoms with Crippen molar-refractivity contribution in [3.63, 3.8) is 0 Å². The Hall–Kier alpha value is -0.460. The van der Waals surface area contributed by atoms with Crippen molar-refractivity contribution in [1.82, 2.24) is 4.90 Å². The minimum atomic E-state index is 0. The number of allylic oxidation sites excluding steroid dienone is 1. The molecule has 0 aromatic heterocycles. The Balaban J connectivity index is 0.00000225. The standard InChI is InChI=1S/C11H21N3O.HI/c1-3-14(4-2)11(12)13-9-10-7-5-6-8-15-10;/h6,8,10H,3-5,7,9H2,1-2H3,(H2,12,13);1H. The molecule has 1 unspecified atom stereocenters. The van der Waals surface area contributed by atoms with Gasteiger partial charge >= 0.3 is 0 Å². The molecule has 94 valence electrons. The van der Waals surface area contributed by atoms with E-state index in [9.17, 15) is 0 Å². The molecule has 4 nitrogen and oxygen atoms in total. The third-order valence-corrected chi connectivity index (χ3v) is 2.57. The van der Waals surface area contributed by atoms with Crippen LogP contribution in [0.1, 0.15) is 26.7 Å². The minimum Gasteiger partial charge on any atom is -0.496 e. The lowest BCUT2D eigenvalue weighted by Crippen LogP contribution is -2.37. The summed E-state index contributed by atoms with van der Waals surface area (Å²) >= 11 is 0. The normalized spacial score (nSPS) is 19.9. The van der Waals surface area contributed by atoms with E-state index in [0.29, 0.717) is 12.5 Å². The van der Waals surface area contributed by atoms with E-state index in [1.54, 1.807) is 6.26 Å². The van der Waals surface area contributed by atoms with Crippen molar-refractivity contribution >= 4 is 29.9 Å². The molecule has 1 heterocycles. The highest BCUT2D eigenvalue weighted by Gasteiger charge is 2.10. The molecule has 0 fully saturated rings. The first-order valence-electron chi connectivity index (χ1n) is 5.63. The highest BCUT2D eigenvalue weighted by molar-refractivity contribution is 14.0. The topological polar surface area (TPSA) is 50.8 Å². The molecule has 0 aromatic rings. The van der Waals surface area contributed by atoms with Crippen LogP contribution in [0, 0.1) is 0 Å². The highest BCUT2D eigenvalue weighted by atomic mass is 127. The lowest BCUT2D eigenvalue weighted by Gasteiger charge is -2.21. The van der Waals surface area contributed by atoms with Crippen LogP contribution >= 0.6 is 24.0 Å². The summed E-state index contributed by atoms with van der Waals surface area (Å²) in [6.07, 6.45) is 6.10. The molecule has 1 aliphatic heterocycles. The van der Waals surface area contributed by atoms with Gasteiger partial charge in [-0.2, -0.15) is 0 Å². The molecular weight excluding hydrogens is 317 g/mol. The molecule has 0 radical (unpaired) electrons. The number of aliphatic imine (C=N–C) groups is 1. The van der Waals surface area contributed by atoms with E-state index in [2.05, 4.69) is 18.8 Å². The Morgan fingerprint density at radius 2 is 2.19 bits per heavy atom. The van der Waals surface area contributed by atoms with Crippen molar-refractivity contribution in [3.8, 4) is 0 Å². The van der Waals surface area contributed by atoms with Gasteiger partial charge < -0.3 is 15.4 Å². The molecule has 16 heavy (non-hydrogen) atoms. The van der Waals surface area contributed by atoms with Crippen molar-refractivity contribution < 1.29 is 4.74 Å². The molecule has 0 saturated heterocycles. The third-order valence-electron chi connectivity index (χ3n) is 2.57. The van der Waals surface area contributed by atoms with Crippen molar-refractivity contribution in [3.05, 3.63) is 12.3 Å². The predicted octanol–water partition coefficient (Wildman–Crippen LogP) is 1.95. The van der Waals surface area contributed by atoms with Gasteiger partial charge in [-0.1, -0.05) is 0 Å². The van der Waals surface area contributed by atoms with E-state index in [-0.39, 0.29) is 30.1 Å². The Kier molecular flexibility index (Phi) is 8.42. The lowest BCUT2D eigenvalue weighted by atomic mass is 10.2. The Labute approximate surface area is 115 Å². The quantitative estimate of drug-likeness (QED) is 0.484. The van der Waals surface area contributed by atoms with Crippen LogP contribution in [0.25, 0.3) is 0 Å². The van der Waals surface area contributed by atoms with Crippen LogP contribution in [-0.4, -0.2) is 36.6 Å². The molecule has 2 N–H and O–H groups in total. The number of nitrogens with zero attached hydrogens (tertiary/aromatic N) is 2. The van der Waals surface area contributed by atoms with E-state index < -0.39 is 0 Å². The molecule has 1 aliphatic rings. The van der Waals surface area contributed by atoms with E-state index in [4.69, 9.17) is 10.5 Å². The van der Waals surface area contributed by atoms with Gasteiger partial charge in [-0.3, -0.25) is 0 Å². The maximum Gasteiger partial charge on any atom is 0.191 e. The lowest BCUT2D eigenvalue weighted by molar-refractivity contribution is 0.131. The largest absolute Gasteiger partial charge is 0.496 e. The summed E-state index contributed by atoms with van der Waals surface area (Å²) in [7, 11) is 0. The number of guanidine groups is 1. The van der Waals surface area contributed by atoms with Gasteiger partial charge in [0.15, 0.2) is 5.96 Å². The van der Waals surface area contributed by atoms with Crippen LogP contribution in [0.5, 0.6) is 0 Å². The molecular formula is C11H22IN3O. The molecule has 0 aliphatic carbocycles. The summed E-state index contributed by atoms with van der Waals surface area (Å²) in [5.41, 5.74) is 5.86. The van der Waals surface area contributed by atoms with Gasteiger partial charge in [0.1, 0.15) is 6.10 Å². The number of nitrogens with two attached hydrogens (primary N) is 1. The van der Waals surface area contributed by atoms with Crippen molar-refractivity contribution in [1.29, 1.82) is 0 Å². The van der Waals surface area contributed by atoms with Gasteiger partial charge in [-0.25, -0.2) is 4.99 Å². The molecule has 1 atom stereocenters. The van der Waals surface area contributed by atoms with Crippen LogP contribution in [0.15, 0.2) is 17.3 Å². The summed E-state index contributed by atoms with van der Waals surface area (Å²) in [6.45, 7) is 6.61. The number of hydrogen-bond donors (Lipinski definition) is 1. The first-order chi connectivity index (χ1) is 7.27. The smallest absolute Gasteiger partial charge is 0.191 e. The summed E-state index contributed by atoms with van der Waals surface area (Å²) in [5.74, 6) is 0.623.